The molecule has 4 rings (SSSR count). The monoisotopic (exact) mass is 434 g/mol. The van der Waals surface area contributed by atoms with Crippen molar-refractivity contribution in [3.63, 3.8) is 0 Å². The zero-order chi connectivity index (χ0) is 22.7. The molecule has 0 aliphatic carbocycles. The Hall–Kier alpha value is -3.65. The number of ether oxygens (including phenoxy) is 2. The molecule has 166 valence electrons. The first kappa shape index (κ1) is 21.6. The number of carbonyl (C=O) groups excluding carboxylic acids is 2. The number of hydrogen-bond acceptors (Lipinski definition) is 5. The summed E-state index contributed by atoms with van der Waals surface area (Å²) in [7, 11) is 4.98. The molecule has 2 aromatic carbocycles. The Bertz CT molecular complexity index is 1130. The Morgan fingerprint density at radius 3 is 2.66 bits per heavy atom. The minimum absolute atomic E-state index is 0.130. The van der Waals surface area contributed by atoms with Crippen LogP contribution in [0.5, 0.6) is 5.75 Å². The highest BCUT2D eigenvalue weighted by atomic mass is 16.5. The summed E-state index contributed by atoms with van der Waals surface area (Å²) >= 11 is 0. The molecule has 0 bridgehead atoms. The lowest BCUT2D eigenvalue weighted by Crippen LogP contribution is -2.47. The lowest BCUT2D eigenvalue weighted by molar-refractivity contribution is -0.119. The molecule has 0 saturated heterocycles. The predicted octanol–water partition coefficient (Wildman–Crippen LogP) is 2.99. The van der Waals surface area contributed by atoms with Crippen molar-refractivity contribution in [3.8, 4) is 5.75 Å². The van der Waals surface area contributed by atoms with Gasteiger partial charge in [-0.25, -0.2) is 0 Å². The van der Waals surface area contributed by atoms with E-state index in [1.165, 1.54) is 0 Å². The van der Waals surface area contributed by atoms with E-state index in [-0.39, 0.29) is 11.8 Å². The van der Waals surface area contributed by atoms with E-state index in [0.29, 0.717) is 35.7 Å². The highest BCUT2D eigenvalue weighted by Crippen LogP contribution is 2.43. The maximum Gasteiger partial charge on any atom is 0.254 e. The van der Waals surface area contributed by atoms with E-state index in [1.54, 1.807) is 42.1 Å². The maximum atomic E-state index is 13.7. The van der Waals surface area contributed by atoms with Gasteiger partial charge in [0.2, 0.25) is 5.91 Å². The second-order valence-corrected chi connectivity index (χ2v) is 7.60. The number of anilines is 1. The fraction of sp³-hybridized carbons (Fsp3) is 0.292. The molecule has 1 aliphatic heterocycles. The minimum atomic E-state index is -0.637. The first-order chi connectivity index (χ1) is 15.5. The van der Waals surface area contributed by atoms with Crippen molar-refractivity contribution in [2.75, 3.05) is 32.7 Å². The topological polar surface area (TPSA) is 85.7 Å². The van der Waals surface area contributed by atoms with Crippen LogP contribution in [-0.4, -0.2) is 53.9 Å². The average molecular weight is 434 g/mol. The van der Waals surface area contributed by atoms with Crippen LogP contribution in [0.15, 0.2) is 60.8 Å². The number of methoxy groups -OCH3 is 2. The quantitative estimate of drug-likeness (QED) is 0.618. The largest absolute Gasteiger partial charge is 0.497 e. The van der Waals surface area contributed by atoms with Crippen LogP contribution in [-0.2, 0) is 16.6 Å². The first-order valence-electron chi connectivity index (χ1n) is 10.4. The van der Waals surface area contributed by atoms with E-state index >= 15 is 0 Å². The fourth-order valence-electron chi connectivity index (χ4n) is 4.23. The molecule has 2 heterocycles. The molecule has 0 saturated carbocycles. The van der Waals surface area contributed by atoms with Gasteiger partial charge in [0.15, 0.2) is 0 Å². The van der Waals surface area contributed by atoms with E-state index < -0.39 is 12.0 Å². The molecule has 8 heteroatoms. The molecule has 32 heavy (non-hydrogen) atoms. The van der Waals surface area contributed by atoms with E-state index in [0.717, 1.165) is 5.69 Å². The number of benzene rings is 2. The number of fused-ring (bicyclic) bond motifs is 1. The Morgan fingerprint density at radius 2 is 1.94 bits per heavy atom. The number of amides is 2. The SMILES string of the molecule is COCCN1C(=O)c2ccccc2C(C(=O)Nc2cccc(OC)c2)C1c1ccnn1C. The summed E-state index contributed by atoms with van der Waals surface area (Å²) in [5.74, 6) is -0.338. The third-order valence-corrected chi connectivity index (χ3v) is 5.76. The Morgan fingerprint density at radius 1 is 1.12 bits per heavy atom. The molecule has 0 spiro atoms. The number of aryl methyl sites for hydroxylation is 1. The summed E-state index contributed by atoms with van der Waals surface area (Å²) in [6, 6.07) is 15.8. The number of nitrogens with zero attached hydrogens (tertiary/aromatic N) is 3. The van der Waals surface area contributed by atoms with Crippen molar-refractivity contribution in [3.05, 3.63) is 77.6 Å². The molecule has 3 aromatic rings. The van der Waals surface area contributed by atoms with Gasteiger partial charge in [-0.2, -0.15) is 5.10 Å². The molecule has 1 aliphatic rings. The summed E-state index contributed by atoms with van der Waals surface area (Å²) in [5.41, 5.74) is 2.61. The third-order valence-electron chi connectivity index (χ3n) is 5.76. The molecule has 8 nitrogen and oxygen atoms in total. The maximum absolute atomic E-state index is 13.7. The van der Waals surface area contributed by atoms with Crippen LogP contribution in [0.1, 0.15) is 33.6 Å². The van der Waals surface area contributed by atoms with Gasteiger partial charge in [-0.1, -0.05) is 24.3 Å². The number of nitrogens with one attached hydrogen (secondary N) is 1. The first-order valence-corrected chi connectivity index (χ1v) is 10.4. The van der Waals surface area contributed by atoms with Crippen molar-refractivity contribution in [2.45, 2.75) is 12.0 Å². The van der Waals surface area contributed by atoms with Crippen LogP contribution in [0.3, 0.4) is 0 Å². The van der Waals surface area contributed by atoms with Gasteiger partial charge in [0, 0.05) is 44.2 Å². The molecular weight excluding hydrogens is 408 g/mol. The highest BCUT2D eigenvalue weighted by Gasteiger charge is 2.45. The zero-order valence-electron chi connectivity index (χ0n) is 18.3. The normalized spacial score (nSPS) is 17.7. The standard InChI is InChI=1S/C24H26N4O4/c1-27-20(11-12-25-27)22-21(23(29)26-16-7-6-8-17(15-16)32-3)18-9-4-5-10-19(18)24(30)28(22)13-14-31-2/h4-12,15,21-22H,13-14H2,1-3H3,(H,26,29). The van der Waals surface area contributed by atoms with E-state index in [2.05, 4.69) is 10.4 Å². The molecule has 1 N–H and O–H groups in total. The molecule has 0 radical (unpaired) electrons. The smallest absolute Gasteiger partial charge is 0.254 e. The van der Waals surface area contributed by atoms with Gasteiger partial charge in [0.25, 0.3) is 5.91 Å². The van der Waals surface area contributed by atoms with Crippen molar-refractivity contribution in [1.29, 1.82) is 0 Å². The van der Waals surface area contributed by atoms with E-state index in [4.69, 9.17) is 9.47 Å². The van der Waals surface area contributed by atoms with Crippen LogP contribution < -0.4 is 10.1 Å². The van der Waals surface area contributed by atoms with Gasteiger partial charge in [0.1, 0.15) is 5.75 Å². The molecule has 2 atom stereocenters. The van der Waals surface area contributed by atoms with Crippen molar-refractivity contribution < 1.29 is 19.1 Å². The second-order valence-electron chi connectivity index (χ2n) is 7.60. The molecule has 0 fully saturated rings. The van der Waals surface area contributed by atoms with Crippen LogP contribution in [0.4, 0.5) is 5.69 Å². The summed E-state index contributed by atoms with van der Waals surface area (Å²) in [5, 5.41) is 7.30. The van der Waals surface area contributed by atoms with Gasteiger partial charge in [-0.3, -0.25) is 14.3 Å². The van der Waals surface area contributed by atoms with Crippen LogP contribution in [0.2, 0.25) is 0 Å². The number of carbonyl (C=O) groups is 2. The molecule has 2 amide bonds. The van der Waals surface area contributed by atoms with Gasteiger partial charge in [-0.15, -0.1) is 0 Å². The minimum Gasteiger partial charge on any atom is -0.497 e. The molecular formula is C24H26N4O4. The average Bonchev–Trinajstić information content (AvgIpc) is 3.23. The summed E-state index contributed by atoms with van der Waals surface area (Å²) in [6.07, 6.45) is 1.67. The Labute approximate surface area is 186 Å². The predicted molar refractivity (Wildman–Crippen MR) is 120 cm³/mol. The van der Waals surface area contributed by atoms with Crippen molar-refractivity contribution in [1.82, 2.24) is 14.7 Å². The zero-order valence-corrected chi connectivity index (χ0v) is 18.3. The molecule has 1 aromatic heterocycles. The second kappa shape index (κ2) is 9.23. The van der Waals surface area contributed by atoms with Crippen molar-refractivity contribution >= 4 is 17.5 Å². The highest BCUT2D eigenvalue weighted by molar-refractivity contribution is 6.04. The van der Waals surface area contributed by atoms with Crippen LogP contribution in [0.25, 0.3) is 0 Å². The van der Waals surface area contributed by atoms with Gasteiger partial charge >= 0.3 is 0 Å². The number of hydrogen-bond donors (Lipinski definition) is 1. The van der Waals surface area contributed by atoms with Crippen molar-refractivity contribution in [2.24, 2.45) is 7.05 Å². The molecule has 2 unspecified atom stereocenters. The number of aromatic nitrogens is 2. The lowest BCUT2D eigenvalue weighted by atomic mass is 9.80. The number of rotatable bonds is 7. The van der Waals surface area contributed by atoms with Gasteiger partial charge in [0.05, 0.1) is 31.4 Å². The van der Waals surface area contributed by atoms with Gasteiger partial charge in [-0.05, 0) is 29.8 Å². The Kier molecular flexibility index (Phi) is 6.23. The summed E-state index contributed by atoms with van der Waals surface area (Å²) < 4.78 is 12.2. The summed E-state index contributed by atoms with van der Waals surface area (Å²) in [4.78, 5) is 28.9. The van der Waals surface area contributed by atoms with E-state index in [9.17, 15) is 9.59 Å². The third kappa shape index (κ3) is 3.97. The summed E-state index contributed by atoms with van der Waals surface area (Å²) in [6.45, 7) is 0.703. The van der Waals surface area contributed by atoms with Crippen LogP contribution >= 0.6 is 0 Å². The van der Waals surface area contributed by atoms with E-state index in [1.807, 2.05) is 49.5 Å². The fourth-order valence-corrected chi connectivity index (χ4v) is 4.23. The van der Waals surface area contributed by atoms with Crippen LogP contribution in [0, 0.1) is 0 Å². The lowest BCUT2D eigenvalue weighted by Gasteiger charge is -2.41. The van der Waals surface area contributed by atoms with Gasteiger partial charge < -0.3 is 19.7 Å². The Balaban J connectivity index is 1.81.